The SMILES string of the molecule is CC(C)C(=O)NC1CCN(/C=C2/N=C(c3cccc4ccccc34)OC2=O)CC1. The van der Waals surface area contributed by atoms with Crippen LogP contribution in [0.2, 0.25) is 0 Å². The van der Waals surface area contributed by atoms with Gasteiger partial charge >= 0.3 is 5.97 Å². The van der Waals surface area contributed by atoms with Gasteiger partial charge in [-0.2, -0.15) is 0 Å². The van der Waals surface area contributed by atoms with Crippen LogP contribution in [0.5, 0.6) is 0 Å². The first-order chi connectivity index (χ1) is 14.0. The standard InChI is InChI=1S/C23H25N3O3/c1-15(2)21(27)24-17-10-12-26(13-11-17)14-20-23(28)29-22(25-20)19-9-5-7-16-6-3-4-8-18(16)19/h3-9,14-15,17H,10-13H2,1-2H3,(H,24,27)/b20-14+. The van der Waals surface area contributed by atoms with Crippen molar-refractivity contribution in [2.45, 2.75) is 32.7 Å². The summed E-state index contributed by atoms with van der Waals surface area (Å²) in [7, 11) is 0. The predicted molar refractivity (Wildman–Crippen MR) is 112 cm³/mol. The summed E-state index contributed by atoms with van der Waals surface area (Å²) in [6.45, 7) is 5.32. The number of esters is 1. The molecule has 150 valence electrons. The molecule has 6 nitrogen and oxygen atoms in total. The van der Waals surface area contributed by atoms with E-state index in [-0.39, 0.29) is 17.9 Å². The van der Waals surface area contributed by atoms with Crippen LogP contribution in [0.1, 0.15) is 32.3 Å². The van der Waals surface area contributed by atoms with Crippen LogP contribution in [0.25, 0.3) is 10.8 Å². The third-order valence-electron chi connectivity index (χ3n) is 5.35. The second kappa shape index (κ2) is 8.07. The van der Waals surface area contributed by atoms with Crippen molar-refractivity contribution >= 4 is 28.5 Å². The molecule has 1 amide bonds. The average Bonchev–Trinajstić information content (AvgIpc) is 3.09. The van der Waals surface area contributed by atoms with E-state index < -0.39 is 5.97 Å². The quantitative estimate of drug-likeness (QED) is 0.642. The minimum absolute atomic E-state index is 0.00904. The molecule has 2 aliphatic rings. The monoisotopic (exact) mass is 391 g/mol. The molecule has 0 spiro atoms. The zero-order chi connectivity index (χ0) is 20.4. The van der Waals surface area contributed by atoms with E-state index in [4.69, 9.17) is 4.74 Å². The number of rotatable bonds is 4. The topological polar surface area (TPSA) is 71.0 Å². The Kier molecular flexibility index (Phi) is 5.34. The van der Waals surface area contributed by atoms with Crippen molar-refractivity contribution in [3.8, 4) is 0 Å². The van der Waals surface area contributed by atoms with Crippen LogP contribution < -0.4 is 5.32 Å². The van der Waals surface area contributed by atoms with E-state index in [1.165, 1.54) is 0 Å². The molecule has 0 aliphatic carbocycles. The first-order valence-corrected chi connectivity index (χ1v) is 10.1. The molecule has 1 fully saturated rings. The summed E-state index contributed by atoms with van der Waals surface area (Å²) in [5.74, 6) is -0.00367. The normalized spacial score (nSPS) is 19.0. The first kappa shape index (κ1) is 19.2. The number of benzene rings is 2. The number of carbonyl (C=O) groups excluding carboxylic acids is 2. The molecule has 0 atom stereocenters. The maximum atomic E-state index is 12.4. The van der Waals surface area contributed by atoms with Gasteiger partial charge in [0, 0.05) is 36.8 Å². The van der Waals surface area contributed by atoms with Crippen LogP contribution >= 0.6 is 0 Å². The van der Waals surface area contributed by atoms with Crippen molar-refractivity contribution in [3.63, 3.8) is 0 Å². The van der Waals surface area contributed by atoms with Gasteiger partial charge in [-0.05, 0) is 29.7 Å². The second-order valence-electron chi connectivity index (χ2n) is 7.82. The lowest BCUT2D eigenvalue weighted by Gasteiger charge is -2.31. The molecule has 0 radical (unpaired) electrons. The number of hydrogen-bond acceptors (Lipinski definition) is 5. The molecule has 0 saturated carbocycles. The Morgan fingerprint density at radius 1 is 1.17 bits per heavy atom. The van der Waals surface area contributed by atoms with Crippen molar-refractivity contribution in [2.75, 3.05) is 13.1 Å². The highest BCUT2D eigenvalue weighted by Crippen LogP contribution is 2.24. The van der Waals surface area contributed by atoms with Gasteiger partial charge in [-0.3, -0.25) is 4.79 Å². The second-order valence-corrected chi connectivity index (χ2v) is 7.82. The minimum Gasteiger partial charge on any atom is -0.402 e. The summed E-state index contributed by atoms with van der Waals surface area (Å²) < 4.78 is 5.47. The van der Waals surface area contributed by atoms with Gasteiger partial charge in [0.2, 0.25) is 11.8 Å². The molecule has 29 heavy (non-hydrogen) atoms. The Balaban J connectivity index is 1.47. The maximum Gasteiger partial charge on any atom is 0.365 e. The van der Waals surface area contributed by atoms with E-state index in [0.717, 1.165) is 42.3 Å². The fourth-order valence-corrected chi connectivity index (χ4v) is 3.64. The van der Waals surface area contributed by atoms with Crippen LogP contribution in [0.15, 0.2) is 59.4 Å². The van der Waals surface area contributed by atoms with Crippen LogP contribution in [-0.2, 0) is 14.3 Å². The molecule has 0 bridgehead atoms. The number of piperidine rings is 1. The number of likely N-dealkylation sites (tertiary alicyclic amines) is 1. The van der Waals surface area contributed by atoms with Gasteiger partial charge in [0.15, 0.2) is 5.70 Å². The largest absolute Gasteiger partial charge is 0.402 e. The minimum atomic E-state index is -0.428. The molecule has 2 heterocycles. The molecule has 1 saturated heterocycles. The van der Waals surface area contributed by atoms with Crippen LogP contribution in [0.4, 0.5) is 0 Å². The van der Waals surface area contributed by atoms with Crippen molar-refractivity contribution < 1.29 is 14.3 Å². The van der Waals surface area contributed by atoms with Gasteiger partial charge in [0.05, 0.1) is 0 Å². The fraction of sp³-hybridized carbons (Fsp3) is 0.348. The molecule has 2 aromatic rings. The molecule has 6 heteroatoms. The highest BCUT2D eigenvalue weighted by atomic mass is 16.6. The van der Waals surface area contributed by atoms with E-state index in [9.17, 15) is 9.59 Å². The van der Waals surface area contributed by atoms with E-state index in [1.54, 1.807) is 6.20 Å². The molecule has 2 aliphatic heterocycles. The summed E-state index contributed by atoms with van der Waals surface area (Å²) in [6.07, 6.45) is 3.47. The summed E-state index contributed by atoms with van der Waals surface area (Å²) in [4.78, 5) is 30.8. The number of fused-ring (bicyclic) bond motifs is 1. The van der Waals surface area contributed by atoms with Gasteiger partial charge in [-0.15, -0.1) is 0 Å². The average molecular weight is 391 g/mol. The summed E-state index contributed by atoms with van der Waals surface area (Å²) in [6, 6.07) is 14.0. The Hall–Kier alpha value is -3.15. The summed E-state index contributed by atoms with van der Waals surface area (Å²) in [5.41, 5.74) is 1.13. The Labute approximate surface area is 170 Å². The summed E-state index contributed by atoms with van der Waals surface area (Å²) >= 11 is 0. The Morgan fingerprint density at radius 3 is 2.66 bits per heavy atom. The summed E-state index contributed by atoms with van der Waals surface area (Å²) in [5, 5.41) is 5.16. The van der Waals surface area contributed by atoms with Gasteiger partial charge in [0.25, 0.3) is 0 Å². The highest BCUT2D eigenvalue weighted by molar-refractivity contribution is 6.16. The molecule has 0 unspecified atom stereocenters. The first-order valence-electron chi connectivity index (χ1n) is 10.1. The van der Waals surface area contributed by atoms with Gasteiger partial charge in [0.1, 0.15) is 0 Å². The number of nitrogens with zero attached hydrogens (tertiary/aromatic N) is 2. The zero-order valence-corrected chi connectivity index (χ0v) is 16.7. The lowest BCUT2D eigenvalue weighted by Crippen LogP contribution is -2.44. The molecule has 1 N–H and O–H groups in total. The van der Waals surface area contributed by atoms with E-state index in [2.05, 4.69) is 15.2 Å². The number of amides is 1. The molecule has 0 aromatic heterocycles. The number of ether oxygens (including phenoxy) is 1. The van der Waals surface area contributed by atoms with E-state index in [1.807, 2.05) is 56.3 Å². The van der Waals surface area contributed by atoms with Crippen molar-refractivity contribution in [1.29, 1.82) is 0 Å². The number of aliphatic imine (C=N–C) groups is 1. The van der Waals surface area contributed by atoms with E-state index >= 15 is 0 Å². The lowest BCUT2D eigenvalue weighted by atomic mass is 10.0. The van der Waals surface area contributed by atoms with Crippen LogP contribution in [0.3, 0.4) is 0 Å². The molecular weight excluding hydrogens is 366 g/mol. The predicted octanol–water partition coefficient (Wildman–Crippen LogP) is 3.22. The number of hydrogen-bond donors (Lipinski definition) is 1. The molecule has 2 aromatic carbocycles. The molecular formula is C23H25N3O3. The van der Waals surface area contributed by atoms with Crippen molar-refractivity contribution in [2.24, 2.45) is 10.9 Å². The smallest absolute Gasteiger partial charge is 0.365 e. The van der Waals surface area contributed by atoms with E-state index in [0.29, 0.717) is 11.6 Å². The highest BCUT2D eigenvalue weighted by Gasteiger charge is 2.27. The Morgan fingerprint density at radius 2 is 1.90 bits per heavy atom. The zero-order valence-electron chi connectivity index (χ0n) is 16.7. The Bertz CT molecular complexity index is 996. The number of nitrogens with one attached hydrogen (secondary N) is 1. The third kappa shape index (κ3) is 4.16. The van der Waals surface area contributed by atoms with Crippen LogP contribution in [0, 0.1) is 5.92 Å². The third-order valence-corrected chi connectivity index (χ3v) is 5.35. The van der Waals surface area contributed by atoms with Gasteiger partial charge < -0.3 is 15.0 Å². The molecule has 4 rings (SSSR count). The number of cyclic esters (lactones) is 1. The van der Waals surface area contributed by atoms with Crippen molar-refractivity contribution in [3.05, 3.63) is 59.9 Å². The lowest BCUT2D eigenvalue weighted by molar-refractivity contribution is -0.130. The van der Waals surface area contributed by atoms with Crippen molar-refractivity contribution in [1.82, 2.24) is 10.2 Å². The van der Waals surface area contributed by atoms with Crippen LogP contribution in [-0.4, -0.2) is 41.8 Å². The fourth-order valence-electron chi connectivity index (χ4n) is 3.64. The van der Waals surface area contributed by atoms with Gasteiger partial charge in [-0.25, -0.2) is 9.79 Å². The number of carbonyl (C=O) groups is 2. The van der Waals surface area contributed by atoms with Gasteiger partial charge in [-0.1, -0.05) is 50.2 Å². The maximum absolute atomic E-state index is 12.4.